The molecule has 0 heterocycles. The molecule has 0 aromatic heterocycles. The van der Waals surface area contributed by atoms with E-state index in [1.54, 1.807) is 25.1 Å². The Kier molecular flexibility index (Phi) is 4.37. The standard InChI is InChI=1S/C13H19N3O3/c1-8(17)16-13(2,12(18)19-3)7-9-4-5-10(14)11(15)6-9/h4-6H,7,14-15H2,1-3H3,(H,16,17). The van der Waals surface area contributed by atoms with E-state index >= 15 is 0 Å². The third-order valence-electron chi connectivity index (χ3n) is 2.80. The number of ether oxygens (including phenoxy) is 1. The average Bonchev–Trinajstić information content (AvgIpc) is 2.31. The Morgan fingerprint density at radius 3 is 2.42 bits per heavy atom. The lowest BCUT2D eigenvalue weighted by molar-refractivity contribution is -0.149. The van der Waals surface area contributed by atoms with E-state index in [0.29, 0.717) is 11.4 Å². The van der Waals surface area contributed by atoms with Gasteiger partial charge in [0.05, 0.1) is 18.5 Å². The van der Waals surface area contributed by atoms with Crippen LogP contribution < -0.4 is 16.8 Å². The van der Waals surface area contributed by atoms with Gasteiger partial charge in [0.15, 0.2) is 0 Å². The zero-order valence-electron chi connectivity index (χ0n) is 11.3. The minimum atomic E-state index is -1.14. The number of rotatable bonds is 4. The zero-order valence-corrected chi connectivity index (χ0v) is 11.3. The SMILES string of the molecule is COC(=O)C(C)(Cc1ccc(N)c(N)c1)NC(C)=O. The van der Waals surface area contributed by atoms with Gasteiger partial charge in [0.25, 0.3) is 0 Å². The Balaban J connectivity index is 3.03. The molecule has 1 aromatic carbocycles. The Labute approximate surface area is 112 Å². The van der Waals surface area contributed by atoms with Crippen molar-refractivity contribution >= 4 is 23.3 Å². The van der Waals surface area contributed by atoms with Crippen LogP contribution in [0.3, 0.4) is 0 Å². The second-order valence-electron chi connectivity index (χ2n) is 4.64. The monoisotopic (exact) mass is 265 g/mol. The summed E-state index contributed by atoms with van der Waals surface area (Å²) >= 11 is 0. The van der Waals surface area contributed by atoms with Crippen molar-refractivity contribution in [2.45, 2.75) is 25.8 Å². The molecule has 1 aromatic rings. The van der Waals surface area contributed by atoms with Crippen LogP contribution in [-0.4, -0.2) is 24.5 Å². The maximum Gasteiger partial charge on any atom is 0.331 e. The lowest BCUT2D eigenvalue weighted by Gasteiger charge is -2.27. The van der Waals surface area contributed by atoms with Crippen LogP contribution in [0.1, 0.15) is 19.4 Å². The van der Waals surface area contributed by atoms with E-state index in [-0.39, 0.29) is 12.3 Å². The van der Waals surface area contributed by atoms with Crippen LogP contribution in [-0.2, 0) is 20.7 Å². The number of hydrogen-bond acceptors (Lipinski definition) is 5. The van der Waals surface area contributed by atoms with Crippen molar-refractivity contribution in [1.29, 1.82) is 0 Å². The molecule has 6 heteroatoms. The topological polar surface area (TPSA) is 107 Å². The molecule has 0 saturated heterocycles. The lowest BCUT2D eigenvalue weighted by Crippen LogP contribution is -2.53. The molecule has 0 aliphatic rings. The van der Waals surface area contributed by atoms with Gasteiger partial charge >= 0.3 is 5.97 Å². The maximum absolute atomic E-state index is 11.8. The molecule has 5 N–H and O–H groups in total. The molecule has 0 aliphatic carbocycles. The minimum Gasteiger partial charge on any atom is -0.467 e. The average molecular weight is 265 g/mol. The van der Waals surface area contributed by atoms with E-state index in [4.69, 9.17) is 16.2 Å². The van der Waals surface area contributed by atoms with Crippen molar-refractivity contribution < 1.29 is 14.3 Å². The Bertz CT molecular complexity index is 502. The first-order valence-corrected chi connectivity index (χ1v) is 5.79. The number of esters is 1. The normalized spacial score (nSPS) is 13.4. The molecule has 19 heavy (non-hydrogen) atoms. The van der Waals surface area contributed by atoms with Crippen LogP contribution in [0.2, 0.25) is 0 Å². The predicted octanol–water partition coefficient (Wildman–Crippen LogP) is 0.461. The summed E-state index contributed by atoms with van der Waals surface area (Å²) in [4.78, 5) is 23.1. The van der Waals surface area contributed by atoms with Gasteiger partial charge in [0.2, 0.25) is 5.91 Å². The number of carbonyl (C=O) groups excluding carboxylic acids is 2. The molecule has 1 rings (SSSR count). The fourth-order valence-electron chi connectivity index (χ4n) is 1.92. The van der Waals surface area contributed by atoms with Gasteiger partial charge in [0, 0.05) is 13.3 Å². The van der Waals surface area contributed by atoms with Gasteiger partial charge in [-0.2, -0.15) is 0 Å². The molecular formula is C13H19N3O3. The number of nitrogen functional groups attached to an aromatic ring is 2. The van der Waals surface area contributed by atoms with Gasteiger partial charge in [-0.15, -0.1) is 0 Å². The highest BCUT2D eigenvalue weighted by atomic mass is 16.5. The summed E-state index contributed by atoms with van der Waals surface area (Å²) in [5.41, 5.74) is 11.9. The highest BCUT2D eigenvalue weighted by molar-refractivity contribution is 5.87. The van der Waals surface area contributed by atoms with E-state index in [2.05, 4.69) is 5.32 Å². The highest BCUT2D eigenvalue weighted by Crippen LogP contribution is 2.21. The predicted molar refractivity (Wildman–Crippen MR) is 73.2 cm³/mol. The second-order valence-corrected chi connectivity index (χ2v) is 4.64. The van der Waals surface area contributed by atoms with Gasteiger partial charge < -0.3 is 21.5 Å². The fourth-order valence-corrected chi connectivity index (χ4v) is 1.92. The van der Waals surface area contributed by atoms with Crippen molar-refractivity contribution in [3.8, 4) is 0 Å². The van der Waals surface area contributed by atoms with E-state index in [1.165, 1.54) is 14.0 Å². The number of hydrogen-bond donors (Lipinski definition) is 3. The summed E-state index contributed by atoms with van der Waals surface area (Å²) in [5.74, 6) is -0.825. The van der Waals surface area contributed by atoms with Gasteiger partial charge in [-0.3, -0.25) is 4.79 Å². The third kappa shape index (κ3) is 3.61. The molecule has 0 aliphatic heterocycles. The van der Waals surface area contributed by atoms with Crippen LogP contribution in [0.25, 0.3) is 0 Å². The molecular weight excluding hydrogens is 246 g/mol. The molecule has 104 valence electrons. The number of nitrogens with two attached hydrogens (primary N) is 2. The number of benzene rings is 1. The van der Waals surface area contributed by atoms with Crippen LogP contribution in [0, 0.1) is 0 Å². The van der Waals surface area contributed by atoms with E-state index in [0.717, 1.165) is 5.56 Å². The molecule has 0 saturated carbocycles. The fraction of sp³-hybridized carbons (Fsp3) is 0.385. The Morgan fingerprint density at radius 1 is 1.32 bits per heavy atom. The zero-order chi connectivity index (χ0) is 14.6. The van der Waals surface area contributed by atoms with Crippen molar-refractivity contribution in [3.63, 3.8) is 0 Å². The number of carbonyl (C=O) groups is 2. The van der Waals surface area contributed by atoms with Gasteiger partial charge in [-0.1, -0.05) is 6.07 Å². The summed E-state index contributed by atoms with van der Waals surface area (Å²) in [5, 5.41) is 2.60. The summed E-state index contributed by atoms with van der Waals surface area (Å²) in [6.45, 7) is 2.95. The van der Waals surface area contributed by atoms with Crippen LogP contribution in [0.5, 0.6) is 0 Å². The number of nitrogens with one attached hydrogen (secondary N) is 1. The van der Waals surface area contributed by atoms with Crippen molar-refractivity contribution in [3.05, 3.63) is 23.8 Å². The third-order valence-corrected chi connectivity index (χ3v) is 2.80. The van der Waals surface area contributed by atoms with E-state index in [1.807, 2.05) is 0 Å². The minimum absolute atomic E-state index is 0.268. The summed E-state index contributed by atoms with van der Waals surface area (Å²) in [7, 11) is 1.28. The molecule has 0 fully saturated rings. The van der Waals surface area contributed by atoms with Crippen LogP contribution >= 0.6 is 0 Å². The van der Waals surface area contributed by atoms with Gasteiger partial charge in [-0.05, 0) is 24.6 Å². The van der Waals surface area contributed by atoms with Crippen molar-refractivity contribution in [2.75, 3.05) is 18.6 Å². The molecule has 0 bridgehead atoms. The van der Waals surface area contributed by atoms with E-state index in [9.17, 15) is 9.59 Å². The Hall–Kier alpha value is -2.24. The Morgan fingerprint density at radius 2 is 1.95 bits per heavy atom. The summed E-state index contributed by atoms with van der Waals surface area (Å²) in [6, 6.07) is 5.10. The number of amides is 1. The number of methoxy groups -OCH3 is 1. The van der Waals surface area contributed by atoms with Gasteiger partial charge in [-0.25, -0.2) is 4.79 Å². The molecule has 0 spiro atoms. The maximum atomic E-state index is 11.8. The first-order chi connectivity index (χ1) is 8.78. The second kappa shape index (κ2) is 5.60. The molecule has 0 radical (unpaired) electrons. The summed E-state index contributed by atoms with van der Waals surface area (Å²) < 4.78 is 4.73. The first kappa shape index (κ1) is 14.8. The van der Waals surface area contributed by atoms with E-state index < -0.39 is 11.5 Å². The lowest BCUT2D eigenvalue weighted by atomic mass is 9.92. The highest BCUT2D eigenvalue weighted by Gasteiger charge is 2.35. The number of anilines is 2. The molecule has 6 nitrogen and oxygen atoms in total. The molecule has 1 atom stereocenters. The smallest absolute Gasteiger partial charge is 0.331 e. The van der Waals surface area contributed by atoms with Gasteiger partial charge in [0.1, 0.15) is 5.54 Å². The van der Waals surface area contributed by atoms with Crippen molar-refractivity contribution in [1.82, 2.24) is 5.32 Å². The molecule has 1 unspecified atom stereocenters. The van der Waals surface area contributed by atoms with Crippen LogP contribution in [0.15, 0.2) is 18.2 Å². The molecule has 1 amide bonds. The van der Waals surface area contributed by atoms with Crippen molar-refractivity contribution in [2.24, 2.45) is 0 Å². The quantitative estimate of drug-likeness (QED) is 0.541. The largest absolute Gasteiger partial charge is 0.467 e. The summed E-state index contributed by atoms with van der Waals surface area (Å²) in [6.07, 6.45) is 0.268. The first-order valence-electron chi connectivity index (χ1n) is 5.79. The van der Waals surface area contributed by atoms with Crippen LogP contribution in [0.4, 0.5) is 11.4 Å².